The first-order valence-corrected chi connectivity index (χ1v) is 7.14. The summed E-state index contributed by atoms with van der Waals surface area (Å²) in [6, 6.07) is 14.5. The largest absolute Gasteiger partial charge is 0.493 e. The third-order valence-electron chi connectivity index (χ3n) is 3.39. The maximum Gasteiger partial charge on any atom is 0.124 e. The Morgan fingerprint density at radius 1 is 1.15 bits per heavy atom. The molecule has 2 rings (SSSR count). The van der Waals surface area contributed by atoms with Gasteiger partial charge >= 0.3 is 0 Å². The summed E-state index contributed by atoms with van der Waals surface area (Å²) in [5.74, 6) is 0.963. The third kappa shape index (κ3) is 3.81. The maximum atomic E-state index is 5.95. The summed E-state index contributed by atoms with van der Waals surface area (Å²) < 4.78 is 5.95. The Hall–Kier alpha value is -1.87. The topological polar surface area (TPSA) is 34.1 Å². The molecule has 0 saturated heterocycles. The minimum absolute atomic E-state index is 0.334. The first kappa shape index (κ1) is 14.5. The molecule has 1 heterocycles. The van der Waals surface area contributed by atoms with Gasteiger partial charge in [0, 0.05) is 29.9 Å². The summed E-state index contributed by atoms with van der Waals surface area (Å²) in [7, 11) is 1.98. The van der Waals surface area contributed by atoms with Crippen LogP contribution in [0.5, 0.6) is 5.75 Å². The maximum absolute atomic E-state index is 5.95. The molecule has 0 aliphatic carbocycles. The minimum Gasteiger partial charge on any atom is -0.493 e. The molecule has 2 aromatic rings. The van der Waals surface area contributed by atoms with Gasteiger partial charge in [0.15, 0.2) is 0 Å². The van der Waals surface area contributed by atoms with E-state index in [9.17, 15) is 0 Å². The van der Waals surface area contributed by atoms with Crippen LogP contribution in [0, 0.1) is 0 Å². The monoisotopic (exact) mass is 270 g/mol. The number of aromatic nitrogens is 1. The summed E-state index contributed by atoms with van der Waals surface area (Å²) in [6.07, 6.45) is 3.68. The Balaban J connectivity index is 1.99. The predicted molar refractivity (Wildman–Crippen MR) is 82.0 cm³/mol. The highest BCUT2D eigenvalue weighted by molar-refractivity contribution is 5.35. The van der Waals surface area contributed by atoms with Crippen LogP contribution in [-0.4, -0.2) is 18.6 Å². The minimum atomic E-state index is 0.334. The second-order valence-electron chi connectivity index (χ2n) is 4.71. The summed E-state index contributed by atoms with van der Waals surface area (Å²) in [6.45, 7) is 2.82. The second kappa shape index (κ2) is 7.65. The lowest BCUT2D eigenvalue weighted by Gasteiger charge is -2.18. The Labute approximate surface area is 121 Å². The van der Waals surface area contributed by atoms with Crippen LogP contribution in [0.4, 0.5) is 0 Å². The van der Waals surface area contributed by atoms with Gasteiger partial charge in [0.2, 0.25) is 0 Å². The number of hydrogen-bond donors (Lipinski definition) is 1. The van der Waals surface area contributed by atoms with Crippen molar-refractivity contribution in [2.45, 2.75) is 25.8 Å². The van der Waals surface area contributed by atoms with Crippen LogP contribution in [0.2, 0.25) is 0 Å². The Bertz CT molecular complexity index is 509. The molecule has 0 amide bonds. The van der Waals surface area contributed by atoms with E-state index in [1.807, 2.05) is 43.6 Å². The van der Waals surface area contributed by atoms with E-state index in [0.29, 0.717) is 12.6 Å². The van der Waals surface area contributed by atoms with Gasteiger partial charge in [0.1, 0.15) is 5.75 Å². The van der Waals surface area contributed by atoms with Crippen molar-refractivity contribution in [3.8, 4) is 5.75 Å². The molecular formula is C17H22N2O. The number of nitrogens with zero attached hydrogens (tertiary/aromatic N) is 1. The number of benzene rings is 1. The molecule has 20 heavy (non-hydrogen) atoms. The van der Waals surface area contributed by atoms with Gasteiger partial charge in [-0.2, -0.15) is 0 Å². The van der Waals surface area contributed by atoms with Gasteiger partial charge in [-0.05, 0) is 31.7 Å². The number of para-hydroxylation sites is 1. The average Bonchev–Trinajstić information content (AvgIpc) is 2.51. The van der Waals surface area contributed by atoms with Gasteiger partial charge in [-0.1, -0.05) is 31.2 Å². The Morgan fingerprint density at radius 2 is 1.95 bits per heavy atom. The van der Waals surface area contributed by atoms with Crippen molar-refractivity contribution in [3.05, 3.63) is 59.9 Å². The lowest BCUT2D eigenvalue weighted by molar-refractivity contribution is 0.313. The Kier molecular flexibility index (Phi) is 5.56. The number of pyridine rings is 1. The molecule has 0 bridgehead atoms. The molecule has 0 radical (unpaired) electrons. The molecule has 1 aromatic heterocycles. The van der Waals surface area contributed by atoms with E-state index in [1.165, 1.54) is 5.56 Å². The van der Waals surface area contributed by atoms with Crippen molar-refractivity contribution in [3.63, 3.8) is 0 Å². The van der Waals surface area contributed by atoms with Crippen molar-refractivity contribution in [2.75, 3.05) is 13.7 Å². The fourth-order valence-electron chi connectivity index (χ4n) is 2.29. The van der Waals surface area contributed by atoms with Crippen molar-refractivity contribution in [2.24, 2.45) is 0 Å². The van der Waals surface area contributed by atoms with E-state index in [4.69, 9.17) is 4.74 Å². The van der Waals surface area contributed by atoms with Crippen LogP contribution in [-0.2, 0) is 6.42 Å². The van der Waals surface area contributed by atoms with E-state index < -0.39 is 0 Å². The fourth-order valence-corrected chi connectivity index (χ4v) is 2.29. The molecule has 0 fully saturated rings. The molecule has 3 heteroatoms. The van der Waals surface area contributed by atoms with Gasteiger partial charge in [-0.15, -0.1) is 0 Å². The summed E-state index contributed by atoms with van der Waals surface area (Å²) >= 11 is 0. The molecule has 1 N–H and O–H groups in total. The van der Waals surface area contributed by atoms with Crippen LogP contribution < -0.4 is 10.1 Å². The van der Waals surface area contributed by atoms with Crippen LogP contribution in [0.15, 0.2) is 48.7 Å². The molecule has 106 valence electrons. The van der Waals surface area contributed by atoms with Crippen LogP contribution >= 0.6 is 0 Å². The van der Waals surface area contributed by atoms with Gasteiger partial charge < -0.3 is 10.1 Å². The Morgan fingerprint density at radius 3 is 2.65 bits per heavy atom. The first-order valence-electron chi connectivity index (χ1n) is 7.14. The van der Waals surface area contributed by atoms with Crippen molar-refractivity contribution in [1.29, 1.82) is 0 Å². The normalized spacial score (nSPS) is 12.1. The first-order chi connectivity index (χ1) is 9.85. The highest BCUT2D eigenvalue weighted by Gasteiger charge is 2.11. The third-order valence-corrected chi connectivity index (χ3v) is 3.39. The summed E-state index contributed by atoms with van der Waals surface area (Å²) in [5.41, 5.74) is 2.28. The van der Waals surface area contributed by atoms with Crippen molar-refractivity contribution >= 4 is 0 Å². The summed E-state index contributed by atoms with van der Waals surface area (Å²) in [5, 5.41) is 3.32. The zero-order chi connectivity index (χ0) is 14.2. The number of hydrogen-bond acceptors (Lipinski definition) is 3. The predicted octanol–water partition coefficient (Wildman–Crippen LogP) is 3.37. The number of ether oxygens (including phenoxy) is 1. The van der Waals surface area contributed by atoms with E-state index >= 15 is 0 Å². The zero-order valence-corrected chi connectivity index (χ0v) is 12.2. The number of nitrogens with one attached hydrogen (secondary N) is 1. The standard InChI is InChI=1S/C17H22N2O/c1-3-16(18-2)15-9-4-5-10-17(15)20-13-11-14-8-6-7-12-19-14/h4-10,12,16,18H,3,11,13H2,1-2H3. The molecule has 3 nitrogen and oxygen atoms in total. The molecule has 0 spiro atoms. The molecule has 0 aliphatic rings. The highest BCUT2D eigenvalue weighted by atomic mass is 16.5. The zero-order valence-electron chi connectivity index (χ0n) is 12.2. The molecule has 1 unspecified atom stereocenters. The lowest BCUT2D eigenvalue weighted by Crippen LogP contribution is -2.16. The number of rotatable bonds is 7. The van der Waals surface area contributed by atoms with Crippen LogP contribution in [0.1, 0.15) is 30.6 Å². The van der Waals surface area contributed by atoms with Gasteiger partial charge in [0.25, 0.3) is 0 Å². The van der Waals surface area contributed by atoms with E-state index in [0.717, 1.165) is 24.3 Å². The average molecular weight is 270 g/mol. The van der Waals surface area contributed by atoms with Crippen LogP contribution in [0.25, 0.3) is 0 Å². The van der Waals surface area contributed by atoms with E-state index in [2.05, 4.69) is 29.4 Å². The fraction of sp³-hybridized carbons (Fsp3) is 0.353. The van der Waals surface area contributed by atoms with Crippen LogP contribution in [0.3, 0.4) is 0 Å². The van der Waals surface area contributed by atoms with E-state index in [-0.39, 0.29) is 0 Å². The van der Waals surface area contributed by atoms with Gasteiger partial charge in [-0.25, -0.2) is 0 Å². The second-order valence-corrected chi connectivity index (χ2v) is 4.71. The van der Waals surface area contributed by atoms with Crippen molar-refractivity contribution < 1.29 is 4.74 Å². The van der Waals surface area contributed by atoms with Gasteiger partial charge in [-0.3, -0.25) is 4.98 Å². The smallest absolute Gasteiger partial charge is 0.124 e. The van der Waals surface area contributed by atoms with Gasteiger partial charge in [0.05, 0.1) is 6.61 Å². The van der Waals surface area contributed by atoms with Crippen molar-refractivity contribution in [1.82, 2.24) is 10.3 Å². The summed E-state index contributed by atoms with van der Waals surface area (Å²) in [4.78, 5) is 4.31. The lowest BCUT2D eigenvalue weighted by atomic mass is 10.0. The quantitative estimate of drug-likeness (QED) is 0.837. The van der Waals surface area contributed by atoms with E-state index in [1.54, 1.807) is 0 Å². The molecule has 1 aromatic carbocycles. The highest BCUT2D eigenvalue weighted by Crippen LogP contribution is 2.26. The SMILES string of the molecule is CCC(NC)c1ccccc1OCCc1ccccn1. The molecule has 0 aliphatic heterocycles. The molecule has 1 atom stereocenters. The molecular weight excluding hydrogens is 248 g/mol. The molecule has 0 saturated carbocycles.